The lowest BCUT2D eigenvalue weighted by molar-refractivity contribution is 0.0954. The third-order valence-corrected chi connectivity index (χ3v) is 3.18. The van der Waals surface area contributed by atoms with Crippen LogP contribution in [-0.2, 0) is 0 Å². The van der Waals surface area contributed by atoms with E-state index in [1.165, 1.54) is 6.33 Å². The Bertz CT molecular complexity index is 861. The van der Waals surface area contributed by atoms with Gasteiger partial charge in [-0.3, -0.25) is 4.79 Å². The fourth-order valence-electron chi connectivity index (χ4n) is 1.97. The van der Waals surface area contributed by atoms with E-state index in [9.17, 15) is 4.79 Å². The van der Waals surface area contributed by atoms with Crippen LogP contribution < -0.4 is 15.9 Å². The molecule has 0 fully saturated rings. The van der Waals surface area contributed by atoms with Crippen molar-refractivity contribution >= 4 is 11.7 Å². The lowest BCUT2D eigenvalue weighted by atomic mass is 10.2. The number of amides is 1. The number of para-hydroxylation sites is 1. The van der Waals surface area contributed by atoms with Crippen molar-refractivity contribution in [2.24, 2.45) is 10.8 Å². The largest absolute Gasteiger partial charge is 0.454 e. The molecule has 3 aromatic rings. The van der Waals surface area contributed by atoms with Crippen LogP contribution in [0.1, 0.15) is 10.4 Å². The molecule has 0 bridgehead atoms. The van der Waals surface area contributed by atoms with E-state index in [0.717, 1.165) is 5.69 Å². The molecule has 0 atom stereocenters. The zero-order valence-electron chi connectivity index (χ0n) is 13.2. The molecule has 1 amide bonds. The summed E-state index contributed by atoms with van der Waals surface area (Å²) in [5.41, 5.74) is 9.43. The summed E-state index contributed by atoms with van der Waals surface area (Å²) < 4.78 is 6.94. The predicted molar refractivity (Wildman–Crippen MR) is 92.4 cm³/mol. The van der Waals surface area contributed by atoms with Crippen LogP contribution in [0, 0.1) is 0 Å². The van der Waals surface area contributed by atoms with Gasteiger partial charge in [0.1, 0.15) is 6.33 Å². The van der Waals surface area contributed by atoms with Crippen molar-refractivity contribution in [1.82, 2.24) is 20.2 Å². The van der Waals surface area contributed by atoms with E-state index in [1.54, 1.807) is 28.9 Å². The smallest absolute Gasteiger partial charge is 0.336 e. The van der Waals surface area contributed by atoms with Crippen LogP contribution in [0.4, 0.5) is 0 Å². The maximum absolute atomic E-state index is 11.8. The Kier molecular flexibility index (Phi) is 5.01. The number of carbonyl (C=O) groups is 1. The summed E-state index contributed by atoms with van der Waals surface area (Å²) in [4.78, 5) is 15.9. The molecule has 0 aliphatic carbocycles. The number of nitrogens with one attached hydrogen (secondary N) is 1. The molecule has 3 N–H and O–H groups in total. The van der Waals surface area contributed by atoms with Gasteiger partial charge in [0.2, 0.25) is 0 Å². The Morgan fingerprint density at radius 1 is 1.12 bits per heavy atom. The summed E-state index contributed by atoms with van der Waals surface area (Å²) in [5, 5.41) is 7.97. The van der Waals surface area contributed by atoms with Crippen LogP contribution >= 0.6 is 0 Å². The van der Waals surface area contributed by atoms with Gasteiger partial charge in [-0.2, -0.15) is 10.1 Å². The van der Waals surface area contributed by atoms with Gasteiger partial charge in [-0.25, -0.2) is 10.1 Å². The van der Waals surface area contributed by atoms with E-state index in [2.05, 4.69) is 20.6 Å². The molecule has 0 unspecified atom stereocenters. The molecule has 0 saturated heterocycles. The number of hydrazone groups is 1. The quantitative estimate of drug-likeness (QED) is 0.401. The van der Waals surface area contributed by atoms with Gasteiger partial charge < -0.3 is 10.5 Å². The second-order valence-electron chi connectivity index (χ2n) is 5.01. The first-order valence-corrected chi connectivity index (χ1v) is 7.49. The maximum Gasteiger partial charge on any atom is 0.336 e. The van der Waals surface area contributed by atoms with Crippen molar-refractivity contribution in [1.29, 1.82) is 0 Å². The number of hydrogen-bond acceptors (Lipinski definition) is 5. The molecule has 0 spiro atoms. The van der Waals surface area contributed by atoms with E-state index in [0.29, 0.717) is 5.56 Å². The minimum absolute atomic E-state index is 0.0477. The van der Waals surface area contributed by atoms with Crippen LogP contribution in [-0.4, -0.2) is 33.1 Å². The molecule has 8 heteroatoms. The van der Waals surface area contributed by atoms with Crippen molar-refractivity contribution in [2.45, 2.75) is 0 Å². The summed E-state index contributed by atoms with van der Waals surface area (Å²) in [5.74, 6) is -0.254. The van der Waals surface area contributed by atoms with Crippen molar-refractivity contribution in [3.63, 3.8) is 0 Å². The Labute approximate surface area is 143 Å². The average molecular weight is 336 g/mol. The van der Waals surface area contributed by atoms with Gasteiger partial charge in [0.25, 0.3) is 5.91 Å². The number of nitrogens with two attached hydrogens (primary N) is 1. The van der Waals surface area contributed by atoms with Crippen LogP contribution in [0.15, 0.2) is 72.1 Å². The summed E-state index contributed by atoms with van der Waals surface area (Å²) in [6, 6.07) is 18.4. The highest BCUT2D eigenvalue weighted by molar-refractivity contribution is 5.95. The minimum Gasteiger partial charge on any atom is -0.454 e. The standard InChI is InChI=1S/C17H16N6O2/c18-15(20-21-16(24)13-7-3-1-4-8-13)11-25-17-19-12-23(22-17)14-9-5-2-6-10-14/h1-10,12H,11H2,(H2,18,20)(H,21,24). The molecular formula is C17H16N6O2. The molecular weight excluding hydrogens is 320 g/mol. The van der Waals surface area contributed by atoms with E-state index >= 15 is 0 Å². The summed E-state index contributed by atoms with van der Waals surface area (Å²) >= 11 is 0. The number of hydrogen-bond donors (Lipinski definition) is 2. The lowest BCUT2D eigenvalue weighted by Crippen LogP contribution is -2.27. The molecule has 126 valence electrons. The predicted octanol–water partition coefficient (Wildman–Crippen LogP) is 1.35. The lowest BCUT2D eigenvalue weighted by Gasteiger charge is -2.03. The normalized spacial score (nSPS) is 11.1. The highest BCUT2D eigenvalue weighted by Gasteiger charge is 2.06. The fraction of sp³-hybridized carbons (Fsp3) is 0.0588. The van der Waals surface area contributed by atoms with Gasteiger partial charge in [-0.15, -0.1) is 5.10 Å². The molecule has 0 aliphatic rings. The molecule has 1 heterocycles. The van der Waals surface area contributed by atoms with Crippen LogP contribution in [0.5, 0.6) is 6.01 Å². The first-order chi connectivity index (χ1) is 12.2. The molecule has 25 heavy (non-hydrogen) atoms. The van der Waals surface area contributed by atoms with E-state index in [-0.39, 0.29) is 24.4 Å². The van der Waals surface area contributed by atoms with Crippen molar-refractivity contribution in [2.75, 3.05) is 6.61 Å². The number of nitrogens with zero attached hydrogens (tertiary/aromatic N) is 4. The average Bonchev–Trinajstić information content (AvgIpc) is 3.15. The van der Waals surface area contributed by atoms with Gasteiger partial charge >= 0.3 is 6.01 Å². The van der Waals surface area contributed by atoms with Gasteiger partial charge in [-0.1, -0.05) is 36.4 Å². The third-order valence-electron chi connectivity index (χ3n) is 3.18. The number of rotatable bonds is 6. The fourth-order valence-corrected chi connectivity index (χ4v) is 1.97. The Hall–Kier alpha value is -3.68. The van der Waals surface area contributed by atoms with Crippen molar-refractivity contribution < 1.29 is 9.53 Å². The Morgan fingerprint density at radius 2 is 1.80 bits per heavy atom. The Balaban J connectivity index is 1.53. The molecule has 3 rings (SSSR count). The molecule has 2 aromatic carbocycles. The van der Waals surface area contributed by atoms with Gasteiger partial charge in [-0.05, 0) is 24.3 Å². The molecule has 0 radical (unpaired) electrons. The van der Waals surface area contributed by atoms with E-state index < -0.39 is 0 Å². The topological polar surface area (TPSA) is 107 Å². The summed E-state index contributed by atoms with van der Waals surface area (Å²) in [6.07, 6.45) is 1.54. The van der Waals surface area contributed by atoms with Gasteiger partial charge in [0.15, 0.2) is 12.4 Å². The number of ether oxygens (including phenoxy) is 1. The molecule has 0 aliphatic heterocycles. The van der Waals surface area contributed by atoms with Crippen molar-refractivity contribution in [3.8, 4) is 11.7 Å². The zero-order chi connectivity index (χ0) is 17.5. The van der Waals surface area contributed by atoms with Gasteiger partial charge in [0, 0.05) is 5.56 Å². The molecule has 0 saturated carbocycles. The number of aromatic nitrogens is 3. The molecule has 1 aromatic heterocycles. The zero-order valence-corrected chi connectivity index (χ0v) is 13.2. The first-order valence-electron chi connectivity index (χ1n) is 7.49. The first kappa shape index (κ1) is 16.2. The highest BCUT2D eigenvalue weighted by atomic mass is 16.5. The van der Waals surface area contributed by atoms with Crippen LogP contribution in [0.2, 0.25) is 0 Å². The number of benzene rings is 2. The van der Waals surface area contributed by atoms with Gasteiger partial charge in [0.05, 0.1) is 5.69 Å². The molecule has 8 nitrogen and oxygen atoms in total. The minimum atomic E-state index is -0.352. The van der Waals surface area contributed by atoms with E-state index in [1.807, 2.05) is 36.4 Å². The van der Waals surface area contributed by atoms with Crippen molar-refractivity contribution in [3.05, 3.63) is 72.6 Å². The summed E-state index contributed by atoms with van der Waals surface area (Å²) in [6.45, 7) is -0.0477. The van der Waals surface area contributed by atoms with E-state index in [4.69, 9.17) is 10.5 Å². The third kappa shape index (κ3) is 4.41. The van der Waals surface area contributed by atoms with Crippen LogP contribution in [0.25, 0.3) is 5.69 Å². The highest BCUT2D eigenvalue weighted by Crippen LogP contribution is 2.08. The summed E-state index contributed by atoms with van der Waals surface area (Å²) in [7, 11) is 0. The number of carbonyl (C=O) groups excluding carboxylic acids is 1. The SMILES string of the molecule is NC(COc1ncn(-c2ccccc2)n1)=NNC(=O)c1ccccc1. The Morgan fingerprint density at radius 3 is 2.52 bits per heavy atom. The number of amidine groups is 1. The van der Waals surface area contributed by atoms with Crippen LogP contribution in [0.3, 0.4) is 0 Å². The maximum atomic E-state index is 11.8. The monoisotopic (exact) mass is 336 g/mol. The second kappa shape index (κ2) is 7.73. The second-order valence-corrected chi connectivity index (χ2v) is 5.01.